The SMILES string of the molecule is COc1ccc(Br)cc1C=C1Oc2cc(OCc3ccccc3C)ccc2C1=O. The summed E-state index contributed by atoms with van der Waals surface area (Å²) in [6, 6.07) is 19.0. The molecule has 0 atom stereocenters. The first-order valence-electron chi connectivity index (χ1n) is 9.14. The lowest BCUT2D eigenvalue weighted by molar-refractivity contribution is 0.101. The maximum Gasteiger partial charge on any atom is 0.231 e. The van der Waals surface area contributed by atoms with E-state index in [-0.39, 0.29) is 11.5 Å². The Morgan fingerprint density at radius 1 is 1.07 bits per heavy atom. The molecule has 0 aromatic heterocycles. The van der Waals surface area contributed by atoms with Gasteiger partial charge in [-0.15, -0.1) is 0 Å². The first-order chi connectivity index (χ1) is 14.0. The topological polar surface area (TPSA) is 44.8 Å². The molecular weight excluding hydrogens is 432 g/mol. The van der Waals surface area contributed by atoms with E-state index in [9.17, 15) is 4.79 Å². The summed E-state index contributed by atoms with van der Waals surface area (Å²) >= 11 is 3.44. The van der Waals surface area contributed by atoms with Gasteiger partial charge in [0.05, 0.1) is 12.7 Å². The normalized spacial score (nSPS) is 13.9. The van der Waals surface area contributed by atoms with Crippen molar-refractivity contribution in [3.8, 4) is 17.2 Å². The van der Waals surface area contributed by atoms with Gasteiger partial charge in [0, 0.05) is 16.1 Å². The van der Waals surface area contributed by atoms with Crippen LogP contribution in [-0.4, -0.2) is 12.9 Å². The molecule has 4 nitrogen and oxygen atoms in total. The predicted molar refractivity (Wildman–Crippen MR) is 116 cm³/mol. The van der Waals surface area contributed by atoms with Crippen LogP contribution < -0.4 is 14.2 Å². The number of rotatable bonds is 5. The molecular formula is C24H19BrO4. The van der Waals surface area contributed by atoms with Crippen molar-refractivity contribution < 1.29 is 19.0 Å². The van der Waals surface area contributed by atoms with Gasteiger partial charge in [-0.2, -0.15) is 0 Å². The summed E-state index contributed by atoms with van der Waals surface area (Å²) in [5.74, 6) is 1.91. The lowest BCUT2D eigenvalue weighted by atomic mass is 10.1. The highest BCUT2D eigenvalue weighted by atomic mass is 79.9. The number of fused-ring (bicyclic) bond motifs is 1. The Hall–Kier alpha value is -3.05. The third kappa shape index (κ3) is 4.05. The summed E-state index contributed by atoms with van der Waals surface area (Å²) in [5, 5.41) is 0. The summed E-state index contributed by atoms with van der Waals surface area (Å²) in [5.41, 5.74) is 3.57. The summed E-state index contributed by atoms with van der Waals surface area (Å²) in [4.78, 5) is 12.7. The van der Waals surface area contributed by atoms with Crippen molar-refractivity contribution in [3.05, 3.63) is 93.1 Å². The molecule has 29 heavy (non-hydrogen) atoms. The van der Waals surface area contributed by atoms with Crippen LogP contribution >= 0.6 is 15.9 Å². The van der Waals surface area contributed by atoms with Crippen LogP contribution in [0.4, 0.5) is 0 Å². The standard InChI is InChI=1S/C24H19BrO4/c1-15-5-3-4-6-16(15)14-28-19-8-9-20-22(13-19)29-23(24(20)26)12-17-11-18(25)7-10-21(17)27-2/h3-13H,14H2,1-2H3. The van der Waals surface area contributed by atoms with Crippen molar-refractivity contribution in [3.63, 3.8) is 0 Å². The van der Waals surface area contributed by atoms with Crippen molar-refractivity contribution in [1.82, 2.24) is 0 Å². The fourth-order valence-electron chi connectivity index (χ4n) is 3.15. The lowest BCUT2D eigenvalue weighted by Gasteiger charge is -2.09. The van der Waals surface area contributed by atoms with Crippen molar-refractivity contribution in [2.75, 3.05) is 7.11 Å². The Bertz CT molecular complexity index is 1120. The van der Waals surface area contributed by atoms with Crippen LogP contribution in [0, 0.1) is 6.92 Å². The Balaban J connectivity index is 1.56. The minimum Gasteiger partial charge on any atom is -0.496 e. The van der Waals surface area contributed by atoms with Gasteiger partial charge in [0.25, 0.3) is 0 Å². The van der Waals surface area contributed by atoms with Gasteiger partial charge in [-0.3, -0.25) is 4.79 Å². The molecule has 0 unspecified atom stereocenters. The molecule has 3 aromatic rings. The Morgan fingerprint density at radius 2 is 1.90 bits per heavy atom. The van der Waals surface area contributed by atoms with Crippen LogP contribution in [0.2, 0.25) is 0 Å². The van der Waals surface area contributed by atoms with Crippen molar-refractivity contribution in [2.45, 2.75) is 13.5 Å². The molecule has 0 fully saturated rings. The second-order valence-corrected chi connectivity index (χ2v) is 7.61. The van der Waals surface area contributed by atoms with E-state index in [1.165, 1.54) is 5.56 Å². The molecule has 146 valence electrons. The number of Topliss-reactive ketones (excluding diaryl/α,β-unsaturated/α-hetero) is 1. The van der Waals surface area contributed by atoms with Gasteiger partial charge < -0.3 is 14.2 Å². The molecule has 3 aromatic carbocycles. The van der Waals surface area contributed by atoms with E-state index < -0.39 is 0 Å². The number of aryl methyl sites for hydroxylation is 1. The molecule has 4 rings (SSSR count). The van der Waals surface area contributed by atoms with Crippen molar-refractivity contribution in [2.24, 2.45) is 0 Å². The Labute approximate surface area is 177 Å². The highest BCUT2D eigenvalue weighted by Crippen LogP contribution is 2.36. The molecule has 0 bridgehead atoms. The quantitative estimate of drug-likeness (QED) is 0.449. The number of methoxy groups -OCH3 is 1. The van der Waals surface area contributed by atoms with Crippen LogP contribution in [0.5, 0.6) is 17.2 Å². The number of hydrogen-bond donors (Lipinski definition) is 0. The van der Waals surface area contributed by atoms with Crippen LogP contribution in [0.25, 0.3) is 6.08 Å². The third-order valence-electron chi connectivity index (χ3n) is 4.78. The smallest absolute Gasteiger partial charge is 0.231 e. The van der Waals surface area contributed by atoms with Crippen LogP contribution in [-0.2, 0) is 6.61 Å². The van der Waals surface area contributed by atoms with Gasteiger partial charge in [-0.05, 0) is 54.5 Å². The first-order valence-corrected chi connectivity index (χ1v) is 9.93. The van der Waals surface area contributed by atoms with E-state index in [0.717, 1.165) is 15.6 Å². The van der Waals surface area contributed by atoms with Crippen molar-refractivity contribution in [1.29, 1.82) is 0 Å². The number of carbonyl (C=O) groups excluding carboxylic acids is 1. The molecule has 5 heteroatoms. The van der Waals surface area contributed by atoms with Crippen molar-refractivity contribution >= 4 is 27.8 Å². The average molecular weight is 451 g/mol. The summed E-state index contributed by atoms with van der Waals surface area (Å²) in [7, 11) is 1.59. The number of benzene rings is 3. The zero-order valence-electron chi connectivity index (χ0n) is 16.1. The maximum atomic E-state index is 12.7. The number of hydrogen-bond acceptors (Lipinski definition) is 4. The molecule has 0 N–H and O–H groups in total. The van der Waals surface area contributed by atoms with Crippen LogP contribution in [0.1, 0.15) is 27.0 Å². The van der Waals surface area contributed by atoms with E-state index in [4.69, 9.17) is 14.2 Å². The van der Waals surface area contributed by atoms with E-state index in [2.05, 4.69) is 28.9 Å². The van der Waals surface area contributed by atoms with Gasteiger partial charge in [0.2, 0.25) is 5.78 Å². The highest BCUT2D eigenvalue weighted by molar-refractivity contribution is 9.10. The minimum atomic E-state index is -0.160. The van der Waals surface area contributed by atoms with E-state index in [1.807, 2.05) is 36.4 Å². The second kappa shape index (κ2) is 8.13. The summed E-state index contributed by atoms with van der Waals surface area (Å²) in [6.45, 7) is 2.51. The van der Waals surface area contributed by atoms with E-state index in [1.54, 1.807) is 31.4 Å². The van der Waals surface area contributed by atoms with Gasteiger partial charge in [0.15, 0.2) is 5.76 Å². The van der Waals surface area contributed by atoms with Gasteiger partial charge in [-0.1, -0.05) is 40.2 Å². The molecule has 0 spiro atoms. The van der Waals surface area contributed by atoms with E-state index >= 15 is 0 Å². The van der Waals surface area contributed by atoms with Crippen LogP contribution in [0.3, 0.4) is 0 Å². The molecule has 0 saturated carbocycles. The van der Waals surface area contributed by atoms with Gasteiger partial charge in [0.1, 0.15) is 23.9 Å². The Kier molecular flexibility index (Phi) is 5.41. The zero-order valence-corrected chi connectivity index (χ0v) is 17.7. The van der Waals surface area contributed by atoms with Gasteiger partial charge >= 0.3 is 0 Å². The summed E-state index contributed by atoms with van der Waals surface area (Å²) in [6.07, 6.45) is 1.69. The number of halogens is 1. The average Bonchev–Trinajstić information content (AvgIpc) is 3.02. The maximum absolute atomic E-state index is 12.7. The molecule has 1 aliphatic heterocycles. The molecule has 0 radical (unpaired) electrons. The number of allylic oxidation sites excluding steroid dienone is 1. The molecule has 1 heterocycles. The predicted octanol–water partition coefficient (Wildman–Crippen LogP) is 5.96. The van der Waals surface area contributed by atoms with Gasteiger partial charge in [-0.25, -0.2) is 0 Å². The monoisotopic (exact) mass is 450 g/mol. The largest absolute Gasteiger partial charge is 0.496 e. The first kappa shape index (κ1) is 19.3. The minimum absolute atomic E-state index is 0.160. The number of ketones is 1. The zero-order chi connectivity index (χ0) is 20.4. The third-order valence-corrected chi connectivity index (χ3v) is 5.27. The lowest BCUT2D eigenvalue weighted by Crippen LogP contribution is -1.99. The Morgan fingerprint density at radius 3 is 2.69 bits per heavy atom. The molecule has 0 saturated heterocycles. The molecule has 1 aliphatic rings. The van der Waals surface area contributed by atoms with Crippen LogP contribution in [0.15, 0.2) is 70.9 Å². The second-order valence-electron chi connectivity index (χ2n) is 6.70. The fourth-order valence-corrected chi connectivity index (χ4v) is 3.53. The molecule has 0 amide bonds. The number of ether oxygens (including phenoxy) is 3. The number of carbonyl (C=O) groups is 1. The van der Waals surface area contributed by atoms with E-state index in [0.29, 0.717) is 29.4 Å². The fraction of sp³-hybridized carbons (Fsp3) is 0.125. The summed E-state index contributed by atoms with van der Waals surface area (Å²) < 4.78 is 18.0. The molecule has 0 aliphatic carbocycles. The highest BCUT2D eigenvalue weighted by Gasteiger charge is 2.28.